The number of carbonyl (C=O) groups is 2. The van der Waals surface area contributed by atoms with Gasteiger partial charge in [-0.25, -0.2) is 4.98 Å². The molecule has 1 heterocycles. The van der Waals surface area contributed by atoms with E-state index in [2.05, 4.69) is 33.2 Å². The van der Waals surface area contributed by atoms with Crippen LogP contribution >= 0.6 is 0 Å². The Balaban J connectivity index is 1.45. The number of nitrogens with one attached hydrogen (secondary N) is 2. The summed E-state index contributed by atoms with van der Waals surface area (Å²) < 4.78 is 2.18. The number of fused-ring (bicyclic) bond motifs is 1. The van der Waals surface area contributed by atoms with E-state index in [-0.39, 0.29) is 11.8 Å². The Labute approximate surface area is 167 Å². The average molecular weight is 385 g/mol. The summed E-state index contributed by atoms with van der Waals surface area (Å²) in [4.78, 5) is 29.2. The molecule has 1 aliphatic carbocycles. The number of hydrogen-bond donors (Lipinski definition) is 2. The lowest BCUT2D eigenvalue weighted by atomic mass is 9.87. The summed E-state index contributed by atoms with van der Waals surface area (Å²) in [5.41, 5.74) is 2.10. The smallest absolute Gasteiger partial charge is 0.242 e. The second-order valence-electron chi connectivity index (χ2n) is 7.80. The predicted molar refractivity (Wildman–Crippen MR) is 111 cm³/mol. The molecule has 1 unspecified atom stereocenters. The van der Waals surface area contributed by atoms with Crippen LogP contribution in [0.3, 0.4) is 0 Å². The molecule has 3 rings (SSSR count). The van der Waals surface area contributed by atoms with Crippen molar-refractivity contribution in [3.05, 3.63) is 30.1 Å². The van der Waals surface area contributed by atoms with Crippen LogP contribution in [-0.2, 0) is 22.6 Å². The zero-order valence-corrected chi connectivity index (χ0v) is 17.0. The van der Waals surface area contributed by atoms with Gasteiger partial charge < -0.3 is 15.2 Å². The van der Waals surface area contributed by atoms with E-state index in [4.69, 9.17) is 0 Å². The molecule has 0 bridgehead atoms. The van der Waals surface area contributed by atoms with Gasteiger partial charge in [-0.05, 0) is 44.7 Å². The van der Waals surface area contributed by atoms with E-state index in [1.54, 1.807) is 6.92 Å². The molecule has 0 radical (unpaired) electrons. The molecule has 1 aromatic carbocycles. The van der Waals surface area contributed by atoms with Crippen LogP contribution in [0.4, 0.5) is 0 Å². The molecule has 2 N–H and O–H groups in total. The summed E-state index contributed by atoms with van der Waals surface area (Å²) in [5.74, 6) is 1.29. The van der Waals surface area contributed by atoms with Crippen LogP contribution < -0.4 is 10.6 Å². The molecule has 1 aromatic heterocycles. The van der Waals surface area contributed by atoms with Crippen molar-refractivity contribution in [1.82, 2.24) is 20.2 Å². The summed E-state index contributed by atoms with van der Waals surface area (Å²) in [7, 11) is 0. The van der Waals surface area contributed by atoms with Crippen LogP contribution in [0.25, 0.3) is 11.0 Å². The number of amides is 2. The molecule has 0 spiro atoms. The van der Waals surface area contributed by atoms with Gasteiger partial charge in [0.1, 0.15) is 11.9 Å². The highest BCUT2D eigenvalue weighted by Gasteiger charge is 2.20. The van der Waals surface area contributed by atoms with E-state index in [0.717, 1.165) is 36.2 Å². The number of aryl methyl sites for hydroxylation is 1. The normalized spacial score (nSPS) is 16.1. The highest BCUT2D eigenvalue weighted by Crippen LogP contribution is 2.26. The van der Waals surface area contributed by atoms with E-state index in [1.165, 1.54) is 19.3 Å². The van der Waals surface area contributed by atoms with Gasteiger partial charge in [0, 0.05) is 25.9 Å². The molecule has 28 heavy (non-hydrogen) atoms. The first-order valence-electron chi connectivity index (χ1n) is 10.6. The third-order valence-corrected chi connectivity index (χ3v) is 5.67. The summed E-state index contributed by atoms with van der Waals surface area (Å²) in [6.45, 7) is 5.19. The number of imidazole rings is 1. The number of carbonyl (C=O) groups excluding carboxylic acids is 2. The molecule has 1 atom stereocenters. The fourth-order valence-corrected chi connectivity index (χ4v) is 4.14. The Hall–Kier alpha value is -2.37. The molecule has 0 saturated heterocycles. The molecule has 0 aliphatic heterocycles. The van der Waals surface area contributed by atoms with Crippen molar-refractivity contribution in [1.29, 1.82) is 0 Å². The zero-order chi connectivity index (χ0) is 19.9. The van der Waals surface area contributed by atoms with Gasteiger partial charge >= 0.3 is 0 Å². The van der Waals surface area contributed by atoms with Crippen LogP contribution in [0.2, 0.25) is 0 Å². The molecular formula is C22H32N4O2. The summed E-state index contributed by atoms with van der Waals surface area (Å²) in [6.07, 6.45) is 7.18. The fourth-order valence-electron chi connectivity index (χ4n) is 4.14. The third kappa shape index (κ3) is 5.12. The van der Waals surface area contributed by atoms with E-state index >= 15 is 0 Å². The van der Waals surface area contributed by atoms with Gasteiger partial charge in [0.15, 0.2) is 0 Å². The quantitative estimate of drug-likeness (QED) is 0.734. The average Bonchev–Trinajstić information content (AvgIpc) is 3.05. The number of hydrogen-bond acceptors (Lipinski definition) is 3. The maximum atomic E-state index is 12.3. The Kier molecular flexibility index (Phi) is 7.06. The minimum atomic E-state index is -0.513. The molecule has 152 valence electrons. The van der Waals surface area contributed by atoms with E-state index in [1.807, 2.05) is 18.2 Å². The van der Waals surface area contributed by atoms with Crippen molar-refractivity contribution < 1.29 is 9.59 Å². The fraction of sp³-hybridized carbons (Fsp3) is 0.591. The first-order chi connectivity index (χ1) is 13.6. The van der Waals surface area contributed by atoms with Crippen LogP contribution in [0, 0.1) is 5.92 Å². The van der Waals surface area contributed by atoms with Gasteiger partial charge in [0.25, 0.3) is 0 Å². The molecule has 6 heteroatoms. The minimum absolute atomic E-state index is 0.0117. The molecule has 1 aliphatic rings. The topological polar surface area (TPSA) is 76.0 Å². The second kappa shape index (κ2) is 9.71. The van der Waals surface area contributed by atoms with Crippen molar-refractivity contribution in [2.24, 2.45) is 5.92 Å². The van der Waals surface area contributed by atoms with E-state index < -0.39 is 6.04 Å². The number of benzene rings is 1. The Morgan fingerprint density at radius 1 is 1.21 bits per heavy atom. The number of aromatic nitrogens is 2. The van der Waals surface area contributed by atoms with Crippen molar-refractivity contribution >= 4 is 22.8 Å². The number of nitrogens with zero attached hydrogens (tertiary/aromatic N) is 2. The third-order valence-electron chi connectivity index (χ3n) is 5.67. The highest BCUT2D eigenvalue weighted by molar-refractivity contribution is 5.87. The number of para-hydroxylation sites is 2. The molecule has 2 amide bonds. The second-order valence-corrected chi connectivity index (χ2v) is 7.80. The summed E-state index contributed by atoms with van der Waals surface area (Å²) >= 11 is 0. The lowest BCUT2D eigenvalue weighted by Crippen LogP contribution is -2.45. The molecule has 6 nitrogen and oxygen atoms in total. The van der Waals surface area contributed by atoms with Crippen molar-refractivity contribution in [3.8, 4) is 0 Å². The standard InChI is InChI=1S/C22H32N4O2/c1-3-26-19-12-8-7-11-18(19)25-20(26)13-14-23-22(28)16(2)24-21(27)15-17-9-5-4-6-10-17/h7-8,11-12,16-17H,3-6,9-10,13-15H2,1-2H3,(H,23,28)(H,24,27). The monoisotopic (exact) mass is 384 g/mol. The highest BCUT2D eigenvalue weighted by atomic mass is 16.2. The van der Waals surface area contributed by atoms with Gasteiger partial charge in [0.2, 0.25) is 11.8 Å². The van der Waals surface area contributed by atoms with Gasteiger partial charge in [-0.3, -0.25) is 9.59 Å². The van der Waals surface area contributed by atoms with E-state index in [9.17, 15) is 9.59 Å². The Morgan fingerprint density at radius 2 is 1.96 bits per heavy atom. The van der Waals surface area contributed by atoms with E-state index in [0.29, 0.717) is 25.3 Å². The van der Waals surface area contributed by atoms with Crippen molar-refractivity contribution in [2.45, 2.75) is 71.4 Å². The minimum Gasteiger partial charge on any atom is -0.354 e. The first kappa shape index (κ1) is 20.4. The Morgan fingerprint density at radius 3 is 2.71 bits per heavy atom. The summed E-state index contributed by atoms with van der Waals surface area (Å²) in [6, 6.07) is 7.56. The molecule has 1 saturated carbocycles. The lowest BCUT2D eigenvalue weighted by Gasteiger charge is -2.22. The number of rotatable bonds is 8. The zero-order valence-electron chi connectivity index (χ0n) is 17.0. The van der Waals surface area contributed by atoms with Crippen LogP contribution in [0.5, 0.6) is 0 Å². The van der Waals surface area contributed by atoms with Crippen molar-refractivity contribution in [3.63, 3.8) is 0 Å². The van der Waals surface area contributed by atoms with Gasteiger partial charge in [0.05, 0.1) is 11.0 Å². The van der Waals surface area contributed by atoms with Gasteiger partial charge in [-0.1, -0.05) is 31.4 Å². The van der Waals surface area contributed by atoms with Crippen molar-refractivity contribution in [2.75, 3.05) is 6.54 Å². The molecular weight excluding hydrogens is 352 g/mol. The SMILES string of the molecule is CCn1c(CCNC(=O)C(C)NC(=O)CC2CCCCC2)nc2ccccc21. The van der Waals surface area contributed by atoms with Crippen LogP contribution in [0.15, 0.2) is 24.3 Å². The summed E-state index contributed by atoms with van der Waals surface area (Å²) in [5, 5.41) is 5.78. The van der Waals surface area contributed by atoms with Crippen LogP contribution in [0.1, 0.15) is 58.2 Å². The van der Waals surface area contributed by atoms with Gasteiger partial charge in [-0.2, -0.15) is 0 Å². The maximum Gasteiger partial charge on any atom is 0.242 e. The molecule has 1 fully saturated rings. The predicted octanol–water partition coefficient (Wildman–Crippen LogP) is 3.19. The first-order valence-corrected chi connectivity index (χ1v) is 10.6. The maximum absolute atomic E-state index is 12.3. The largest absolute Gasteiger partial charge is 0.354 e. The Bertz CT molecular complexity index is 808. The lowest BCUT2D eigenvalue weighted by molar-refractivity contribution is -0.129. The van der Waals surface area contributed by atoms with Crippen LogP contribution in [-0.4, -0.2) is 34.0 Å². The van der Waals surface area contributed by atoms with Gasteiger partial charge in [-0.15, -0.1) is 0 Å². The molecule has 2 aromatic rings.